The first kappa shape index (κ1) is 17.0. The number of fused-ring (bicyclic) bond motifs is 1. The average molecular weight is 323 g/mol. The molecule has 1 saturated carbocycles. The standard InChI is InChI=1S/C21H29N3/c1-16-14-19-20(15-17(16)2)24(13-7-6-12-22)21(23-19)11-10-18-8-4-3-5-9-18/h14-15,18H,3-11,13H2,1-2H3. The molecule has 128 valence electrons. The Morgan fingerprint density at radius 2 is 1.92 bits per heavy atom. The van der Waals surface area contributed by atoms with Crippen LogP contribution in [0.5, 0.6) is 0 Å². The van der Waals surface area contributed by atoms with E-state index in [9.17, 15) is 0 Å². The highest BCUT2D eigenvalue weighted by Gasteiger charge is 2.16. The molecule has 0 spiro atoms. The predicted molar refractivity (Wildman–Crippen MR) is 99.0 cm³/mol. The molecule has 0 unspecified atom stereocenters. The third-order valence-electron chi connectivity index (χ3n) is 5.61. The van der Waals surface area contributed by atoms with Crippen molar-refractivity contribution < 1.29 is 0 Å². The van der Waals surface area contributed by atoms with Gasteiger partial charge in [-0.2, -0.15) is 5.26 Å². The van der Waals surface area contributed by atoms with E-state index in [1.807, 2.05) is 0 Å². The van der Waals surface area contributed by atoms with E-state index in [0.717, 1.165) is 30.8 Å². The van der Waals surface area contributed by atoms with E-state index in [-0.39, 0.29) is 0 Å². The molecule has 0 radical (unpaired) electrons. The minimum atomic E-state index is 0.618. The number of hydrogen-bond acceptors (Lipinski definition) is 2. The maximum Gasteiger partial charge on any atom is 0.109 e. The molecule has 0 atom stereocenters. The predicted octanol–water partition coefficient (Wildman–Crippen LogP) is 5.47. The van der Waals surface area contributed by atoms with Crippen molar-refractivity contribution in [2.75, 3.05) is 0 Å². The van der Waals surface area contributed by atoms with E-state index in [4.69, 9.17) is 10.2 Å². The molecule has 1 fully saturated rings. The van der Waals surface area contributed by atoms with Crippen LogP contribution in [0.15, 0.2) is 12.1 Å². The van der Waals surface area contributed by atoms with Crippen LogP contribution in [0.25, 0.3) is 11.0 Å². The van der Waals surface area contributed by atoms with Crippen molar-refractivity contribution in [2.45, 2.75) is 78.2 Å². The fourth-order valence-electron chi connectivity index (χ4n) is 4.00. The van der Waals surface area contributed by atoms with Crippen LogP contribution in [0.4, 0.5) is 0 Å². The molecule has 0 saturated heterocycles. The van der Waals surface area contributed by atoms with Gasteiger partial charge in [-0.15, -0.1) is 0 Å². The topological polar surface area (TPSA) is 41.6 Å². The third kappa shape index (κ3) is 3.80. The summed E-state index contributed by atoms with van der Waals surface area (Å²) in [5, 5.41) is 8.86. The van der Waals surface area contributed by atoms with Gasteiger partial charge in [0, 0.05) is 19.4 Å². The normalized spacial score (nSPS) is 15.7. The zero-order valence-electron chi connectivity index (χ0n) is 15.1. The van der Waals surface area contributed by atoms with Crippen LogP contribution in [0, 0.1) is 31.1 Å². The Kier molecular flexibility index (Phi) is 5.56. The highest BCUT2D eigenvalue weighted by atomic mass is 15.1. The average Bonchev–Trinajstić information content (AvgIpc) is 2.91. The Bertz CT molecular complexity index is 730. The smallest absolute Gasteiger partial charge is 0.109 e. The SMILES string of the molecule is Cc1cc2nc(CCC3CCCCC3)n(CCCC#N)c2cc1C. The molecule has 1 aromatic carbocycles. The summed E-state index contributed by atoms with van der Waals surface area (Å²) in [4.78, 5) is 4.96. The summed E-state index contributed by atoms with van der Waals surface area (Å²) in [5.41, 5.74) is 4.99. The molecule has 3 heteroatoms. The molecule has 0 amide bonds. The fraction of sp³-hybridized carbons (Fsp3) is 0.619. The molecule has 3 rings (SSSR count). The van der Waals surface area contributed by atoms with E-state index in [1.54, 1.807) is 0 Å². The molecule has 1 heterocycles. The van der Waals surface area contributed by atoms with Gasteiger partial charge in [-0.1, -0.05) is 32.1 Å². The molecule has 1 aliphatic carbocycles. The van der Waals surface area contributed by atoms with Gasteiger partial charge >= 0.3 is 0 Å². The number of hydrogen-bond donors (Lipinski definition) is 0. The van der Waals surface area contributed by atoms with Gasteiger partial charge in [-0.25, -0.2) is 4.98 Å². The second-order valence-electron chi connectivity index (χ2n) is 7.41. The lowest BCUT2D eigenvalue weighted by Crippen LogP contribution is -2.10. The van der Waals surface area contributed by atoms with Crippen LogP contribution < -0.4 is 0 Å². The maximum atomic E-state index is 8.86. The fourth-order valence-corrected chi connectivity index (χ4v) is 4.00. The van der Waals surface area contributed by atoms with E-state index in [2.05, 4.69) is 36.6 Å². The monoisotopic (exact) mass is 323 g/mol. The highest BCUT2D eigenvalue weighted by Crippen LogP contribution is 2.28. The Balaban J connectivity index is 1.83. The zero-order valence-corrected chi connectivity index (χ0v) is 15.1. The summed E-state index contributed by atoms with van der Waals surface area (Å²) in [5.74, 6) is 2.10. The van der Waals surface area contributed by atoms with Crippen LogP contribution in [0.3, 0.4) is 0 Å². The second-order valence-corrected chi connectivity index (χ2v) is 7.41. The van der Waals surface area contributed by atoms with Gasteiger partial charge in [0.2, 0.25) is 0 Å². The van der Waals surface area contributed by atoms with Crippen molar-refractivity contribution in [3.8, 4) is 6.07 Å². The minimum Gasteiger partial charge on any atom is -0.328 e. The van der Waals surface area contributed by atoms with Gasteiger partial charge in [-0.05, 0) is 55.9 Å². The van der Waals surface area contributed by atoms with Gasteiger partial charge in [0.1, 0.15) is 5.82 Å². The van der Waals surface area contributed by atoms with Crippen LogP contribution >= 0.6 is 0 Å². The lowest BCUT2D eigenvalue weighted by molar-refractivity contribution is 0.336. The number of imidazole rings is 1. The minimum absolute atomic E-state index is 0.618. The van der Waals surface area contributed by atoms with Crippen LogP contribution in [-0.2, 0) is 13.0 Å². The number of aromatic nitrogens is 2. The summed E-state index contributed by atoms with van der Waals surface area (Å²) in [6.45, 7) is 5.24. The van der Waals surface area contributed by atoms with Gasteiger partial charge in [0.05, 0.1) is 17.1 Å². The van der Waals surface area contributed by atoms with E-state index < -0.39 is 0 Å². The molecular formula is C21H29N3. The molecule has 1 aromatic heterocycles. The number of aryl methyl sites for hydroxylation is 4. The molecule has 24 heavy (non-hydrogen) atoms. The van der Waals surface area contributed by atoms with Crippen molar-refractivity contribution in [3.05, 3.63) is 29.1 Å². The molecular weight excluding hydrogens is 294 g/mol. The van der Waals surface area contributed by atoms with Crippen LogP contribution in [0.1, 0.15) is 68.3 Å². The Morgan fingerprint density at radius 1 is 1.17 bits per heavy atom. The first-order chi connectivity index (χ1) is 11.7. The van der Waals surface area contributed by atoms with Gasteiger partial charge in [-0.3, -0.25) is 0 Å². The van der Waals surface area contributed by atoms with Crippen LogP contribution in [-0.4, -0.2) is 9.55 Å². The number of nitrogens with zero attached hydrogens (tertiary/aromatic N) is 3. The van der Waals surface area contributed by atoms with Crippen molar-refractivity contribution in [3.63, 3.8) is 0 Å². The number of benzene rings is 1. The first-order valence-electron chi connectivity index (χ1n) is 9.52. The number of unbranched alkanes of at least 4 members (excludes halogenated alkanes) is 1. The molecule has 2 aromatic rings. The van der Waals surface area contributed by atoms with E-state index in [1.165, 1.54) is 61.0 Å². The van der Waals surface area contributed by atoms with Gasteiger partial charge in [0.15, 0.2) is 0 Å². The molecule has 0 N–H and O–H groups in total. The van der Waals surface area contributed by atoms with Gasteiger partial charge < -0.3 is 4.57 Å². The molecule has 0 bridgehead atoms. The second kappa shape index (κ2) is 7.83. The summed E-state index contributed by atoms with van der Waals surface area (Å²) in [6.07, 6.45) is 10.9. The summed E-state index contributed by atoms with van der Waals surface area (Å²) >= 11 is 0. The number of rotatable bonds is 6. The molecule has 0 aliphatic heterocycles. The first-order valence-corrected chi connectivity index (χ1v) is 9.52. The third-order valence-corrected chi connectivity index (χ3v) is 5.61. The quantitative estimate of drug-likeness (QED) is 0.661. The van der Waals surface area contributed by atoms with Crippen molar-refractivity contribution in [1.29, 1.82) is 5.26 Å². The van der Waals surface area contributed by atoms with E-state index >= 15 is 0 Å². The van der Waals surface area contributed by atoms with Crippen molar-refractivity contribution in [1.82, 2.24) is 9.55 Å². The summed E-state index contributed by atoms with van der Waals surface area (Å²) in [6, 6.07) is 6.76. The maximum absolute atomic E-state index is 8.86. The Morgan fingerprint density at radius 3 is 2.67 bits per heavy atom. The largest absolute Gasteiger partial charge is 0.328 e. The number of nitriles is 1. The molecule has 1 aliphatic rings. The summed E-state index contributed by atoms with van der Waals surface area (Å²) < 4.78 is 2.38. The highest BCUT2D eigenvalue weighted by molar-refractivity contribution is 5.78. The Hall–Kier alpha value is -1.82. The Labute approximate surface area is 145 Å². The van der Waals surface area contributed by atoms with Crippen molar-refractivity contribution in [2.24, 2.45) is 5.92 Å². The molecule has 3 nitrogen and oxygen atoms in total. The van der Waals surface area contributed by atoms with E-state index in [0.29, 0.717) is 6.42 Å². The summed E-state index contributed by atoms with van der Waals surface area (Å²) in [7, 11) is 0. The zero-order chi connectivity index (χ0) is 16.9. The van der Waals surface area contributed by atoms with Crippen molar-refractivity contribution >= 4 is 11.0 Å². The van der Waals surface area contributed by atoms with Crippen LogP contribution in [0.2, 0.25) is 0 Å². The lowest BCUT2D eigenvalue weighted by Gasteiger charge is -2.21. The van der Waals surface area contributed by atoms with Gasteiger partial charge in [0.25, 0.3) is 0 Å². The lowest BCUT2D eigenvalue weighted by atomic mass is 9.86.